The fraction of sp³-hybridized carbons (Fsp3) is 0.385. The number of hydrogen-bond acceptors (Lipinski definition) is 1. The van der Waals surface area contributed by atoms with Gasteiger partial charge in [0.2, 0.25) is 0 Å². The van der Waals surface area contributed by atoms with Crippen LogP contribution in [0.15, 0.2) is 36.4 Å². The molecule has 0 aromatic heterocycles. The van der Waals surface area contributed by atoms with Crippen LogP contribution < -0.4 is 0 Å². The smallest absolute Gasteiger partial charge is 0.0409 e. The van der Waals surface area contributed by atoms with Crippen LogP contribution >= 0.6 is 23.2 Å². The zero-order chi connectivity index (χ0) is 12.0. The summed E-state index contributed by atoms with van der Waals surface area (Å²) in [6, 6.07) is 8.33. The van der Waals surface area contributed by atoms with Crippen molar-refractivity contribution in [2.75, 3.05) is 19.5 Å². The fourth-order valence-electron chi connectivity index (χ4n) is 1.48. The van der Waals surface area contributed by atoms with Gasteiger partial charge in [-0.3, -0.25) is 4.90 Å². The molecule has 0 radical (unpaired) electrons. The second kappa shape index (κ2) is 6.95. The number of likely N-dealkylation sites (N-methyl/N-ethyl adjacent to an activating group) is 1. The Kier molecular flexibility index (Phi) is 5.89. The summed E-state index contributed by atoms with van der Waals surface area (Å²) in [4.78, 5) is 2.24. The third-order valence-corrected chi connectivity index (χ3v) is 3.05. The van der Waals surface area contributed by atoms with Crippen molar-refractivity contribution in [1.29, 1.82) is 0 Å². The van der Waals surface area contributed by atoms with E-state index in [4.69, 9.17) is 23.2 Å². The highest BCUT2D eigenvalue weighted by atomic mass is 35.5. The molecule has 0 aliphatic carbocycles. The van der Waals surface area contributed by atoms with Crippen molar-refractivity contribution in [3.05, 3.63) is 47.0 Å². The Balaban J connectivity index is 2.62. The molecule has 0 N–H and O–H groups in total. The van der Waals surface area contributed by atoms with Gasteiger partial charge in [0, 0.05) is 23.5 Å². The predicted molar refractivity (Wildman–Crippen MR) is 72.4 cm³/mol. The third-order valence-electron chi connectivity index (χ3n) is 2.64. The second-order valence-electron chi connectivity index (χ2n) is 3.80. The minimum Gasteiger partial charge on any atom is -0.296 e. The third kappa shape index (κ3) is 4.17. The Morgan fingerprint density at radius 3 is 2.75 bits per heavy atom. The quantitative estimate of drug-likeness (QED) is 0.567. The standard InChI is InChI=1S/C13H17Cl2N/c1-11(16(2)9-4-3-8-14)12-6-5-7-13(15)10-12/h3-7,10-11H,8-9H2,1-2H3. The van der Waals surface area contributed by atoms with Gasteiger partial charge in [-0.25, -0.2) is 0 Å². The van der Waals surface area contributed by atoms with E-state index in [1.807, 2.05) is 24.3 Å². The average molecular weight is 258 g/mol. The lowest BCUT2D eigenvalue weighted by Crippen LogP contribution is -2.22. The number of rotatable bonds is 5. The monoisotopic (exact) mass is 257 g/mol. The van der Waals surface area contributed by atoms with Gasteiger partial charge in [0.25, 0.3) is 0 Å². The zero-order valence-electron chi connectivity index (χ0n) is 9.66. The van der Waals surface area contributed by atoms with E-state index in [9.17, 15) is 0 Å². The minimum absolute atomic E-state index is 0.346. The van der Waals surface area contributed by atoms with Crippen molar-refractivity contribution in [3.63, 3.8) is 0 Å². The Hall–Kier alpha value is -0.500. The fourth-order valence-corrected chi connectivity index (χ4v) is 1.81. The first kappa shape index (κ1) is 13.6. The number of alkyl halides is 1. The molecule has 1 rings (SSSR count). The second-order valence-corrected chi connectivity index (χ2v) is 4.54. The minimum atomic E-state index is 0.346. The number of halogens is 2. The molecule has 0 bridgehead atoms. The largest absolute Gasteiger partial charge is 0.296 e. The summed E-state index contributed by atoms with van der Waals surface area (Å²) in [7, 11) is 2.09. The van der Waals surface area contributed by atoms with E-state index < -0.39 is 0 Å². The molecule has 1 aromatic rings. The molecule has 0 saturated carbocycles. The van der Waals surface area contributed by atoms with Crippen LogP contribution in [0.4, 0.5) is 0 Å². The Labute approximate surface area is 108 Å². The van der Waals surface area contributed by atoms with Gasteiger partial charge in [-0.1, -0.05) is 35.9 Å². The molecule has 1 aromatic carbocycles. The van der Waals surface area contributed by atoms with Crippen LogP contribution in [-0.2, 0) is 0 Å². The first-order valence-electron chi connectivity index (χ1n) is 5.32. The molecule has 16 heavy (non-hydrogen) atoms. The maximum Gasteiger partial charge on any atom is 0.0409 e. The molecule has 1 unspecified atom stereocenters. The Morgan fingerprint density at radius 2 is 2.12 bits per heavy atom. The van der Waals surface area contributed by atoms with Gasteiger partial charge in [0.05, 0.1) is 0 Å². The Morgan fingerprint density at radius 1 is 1.38 bits per heavy atom. The predicted octanol–water partition coefficient (Wildman–Crippen LogP) is 4.13. The highest BCUT2D eigenvalue weighted by molar-refractivity contribution is 6.30. The number of nitrogens with zero attached hydrogens (tertiary/aromatic N) is 1. The van der Waals surface area contributed by atoms with Gasteiger partial charge in [-0.15, -0.1) is 11.6 Å². The molecule has 0 fully saturated rings. The molecule has 1 atom stereocenters. The molecule has 3 heteroatoms. The summed E-state index contributed by atoms with van der Waals surface area (Å²) < 4.78 is 0. The molecular formula is C13H17Cl2N. The maximum atomic E-state index is 5.97. The summed E-state index contributed by atoms with van der Waals surface area (Å²) in [5.74, 6) is 0.569. The summed E-state index contributed by atoms with van der Waals surface area (Å²) in [6.07, 6.45) is 4.04. The van der Waals surface area contributed by atoms with Crippen LogP contribution in [0.2, 0.25) is 5.02 Å². The van der Waals surface area contributed by atoms with E-state index in [0.717, 1.165) is 11.6 Å². The first-order valence-corrected chi connectivity index (χ1v) is 6.23. The normalized spacial score (nSPS) is 13.6. The lowest BCUT2D eigenvalue weighted by molar-refractivity contribution is 0.289. The topological polar surface area (TPSA) is 3.24 Å². The number of benzene rings is 1. The lowest BCUT2D eigenvalue weighted by Gasteiger charge is -2.23. The Bertz CT molecular complexity index is 350. The van der Waals surface area contributed by atoms with E-state index in [0.29, 0.717) is 11.9 Å². The lowest BCUT2D eigenvalue weighted by atomic mass is 10.1. The number of hydrogen-bond donors (Lipinski definition) is 0. The molecule has 0 aliphatic heterocycles. The molecule has 0 amide bonds. The SMILES string of the molecule is CC(c1cccc(Cl)c1)N(C)CC=CCCl. The van der Waals surface area contributed by atoms with E-state index in [1.165, 1.54) is 5.56 Å². The van der Waals surface area contributed by atoms with Crippen molar-refractivity contribution >= 4 is 23.2 Å². The molecule has 0 aliphatic rings. The van der Waals surface area contributed by atoms with Crippen LogP contribution in [0.25, 0.3) is 0 Å². The molecule has 0 saturated heterocycles. The van der Waals surface area contributed by atoms with Gasteiger partial charge < -0.3 is 0 Å². The van der Waals surface area contributed by atoms with Gasteiger partial charge >= 0.3 is 0 Å². The van der Waals surface area contributed by atoms with Crippen LogP contribution in [0, 0.1) is 0 Å². The summed E-state index contributed by atoms with van der Waals surface area (Å²) in [6.45, 7) is 3.06. The van der Waals surface area contributed by atoms with Crippen molar-refractivity contribution in [2.24, 2.45) is 0 Å². The van der Waals surface area contributed by atoms with Gasteiger partial charge in [-0.05, 0) is 31.7 Å². The summed E-state index contributed by atoms with van der Waals surface area (Å²) in [5.41, 5.74) is 1.23. The highest BCUT2D eigenvalue weighted by Crippen LogP contribution is 2.21. The van der Waals surface area contributed by atoms with Crippen molar-refractivity contribution in [3.8, 4) is 0 Å². The van der Waals surface area contributed by atoms with Crippen LogP contribution in [0.1, 0.15) is 18.5 Å². The maximum absolute atomic E-state index is 5.97. The first-order chi connectivity index (χ1) is 7.65. The molecule has 0 spiro atoms. The van der Waals surface area contributed by atoms with Crippen LogP contribution in [0.3, 0.4) is 0 Å². The van der Waals surface area contributed by atoms with E-state index in [-0.39, 0.29) is 0 Å². The average Bonchev–Trinajstić information content (AvgIpc) is 2.28. The van der Waals surface area contributed by atoms with Gasteiger partial charge in [0.1, 0.15) is 0 Å². The van der Waals surface area contributed by atoms with Crippen LogP contribution in [0.5, 0.6) is 0 Å². The van der Waals surface area contributed by atoms with Crippen molar-refractivity contribution in [2.45, 2.75) is 13.0 Å². The van der Waals surface area contributed by atoms with E-state index >= 15 is 0 Å². The van der Waals surface area contributed by atoms with E-state index in [2.05, 4.69) is 31.0 Å². The molecule has 1 nitrogen and oxygen atoms in total. The molecule has 88 valence electrons. The van der Waals surface area contributed by atoms with Crippen molar-refractivity contribution in [1.82, 2.24) is 4.90 Å². The summed E-state index contributed by atoms with van der Waals surface area (Å²) in [5, 5.41) is 0.786. The van der Waals surface area contributed by atoms with Gasteiger partial charge in [-0.2, -0.15) is 0 Å². The zero-order valence-corrected chi connectivity index (χ0v) is 11.2. The van der Waals surface area contributed by atoms with Crippen LogP contribution in [-0.4, -0.2) is 24.4 Å². The molecular weight excluding hydrogens is 241 g/mol. The highest BCUT2D eigenvalue weighted by Gasteiger charge is 2.10. The van der Waals surface area contributed by atoms with Crippen molar-refractivity contribution < 1.29 is 0 Å². The summed E-state index contributed by atoms with van der Waals surface area (Å²) >= 11 is 11.6. The number of allylic oxidation sites excluding steroid dienone is 1. The molecule has 0 heterocycles. The van der Waals surface area contributed by atoms with Gasteiger partial charge in [0.15, 0.2) is 0 Å². The van der Waals surface area contributed by atoms with E-state index in [1.54, 1.807) is 0 Å².